The number of alkyl halides is 1. The van der Waals surface area contributed by atoms with Crippen LogP contribution in [0.1, 0.15) is 12.8 Å². The van der Waals surface area contributed by atoms with E-state index >= 15 is 0 Å². The van der Waals surface area contributed by atoms with E-state index in [0.29, 0.717) is 12.8 Å². The zero-order valence-electron chi connectivity index (χ0n) is 4.89. The van der Waals surface area contributed by atoms with Crippen molar-refractivity contribution in [3.05, 3.63) is 0 Å². The van der Waals surface area contributed by atoms with Crippen LogP contribution in [0.2, 0.25) is 0 Å². The predicted octanol–water partition coefficient (Wildman–Crippen LogP) is 0.438. The van der Waals surface area contributed by atoms with Crippen LogP contribution in [-0.2, 0) is 4.79 Å². The third-order valence-electron chi connectivity index (χ3n) is 1.37. The summed E-state index contributed by atoms with van der Waals surface area (Å²) in [5.41, 5.74) is 3.40. The van der Waals surface area contributed by atoms with Crippen LogP contribution in [-0.4, -0.2) is 18.0 Å². The molecule has 0 radical (unpaired) electrons. The van der Waals surface area contributed by atoms with E-state index in [-0.39, 0.29) is 19.0 Å². The molecule has 0 amide bonds. The number of carbonyl (C=O) groups excluding carboxylic acids is 1. The number of nitrogens with two attached hydrogens (primary N) is 1. The Bertz CT molecular complexity index is 124. The second-order valence-corrected chi connectivity index (χ2v) is 2.09. The summed E-state index contributed by atoms with van der Waals surface area (Å²) in [4.78, 5) is 10.4. The second kappa shape index (κ2) is 2.62. The molecular formula is C5H9ClFNO. The van der Waals surface area contributed by atoms with Gasteiger partial charge in [-0.1, -0.05) is 0 Å². The maximum atomic E-state index is 12.5. The van der Waals surface area contributed by atoms with Crippen molar-refractivity contribution in [3.63, 3.8) is 0 Å². The van der Waals surface area contributed by atoms with Gasteiger partial charge < -0.3 is 5.73 Å². The first-order valence-electron chi connectivity index (χ1n) is 2.61. The number of hydrogen-bond acceptors (Lipinski definition) is 2. The molecule has 2 N–H and O–H groups in total. The Morgan fingerprint density at radius 1 is 1.67 bits per heavy atom. The summed E-state index contributed by atoms with van der Waals surface area (Å²) in [6.07, 6.45) is 0.756. The lowest BCUT2D eigenvalue weighted by Gasteiger charge is -1.96. The molecular weight excluding hydrogens is 145 g/mol. The van der Waals surface area contributed by atoms with Gasteiger partial charge in [0, 0.05) is 0 Å². The molecule has 1 aliphatic rings. The summed E-state index contributed by atoms with van der Waals surface area (Å²) in [7, 11) is 0. The minimum Gasteiger partial charge on any atom is -0.324 e. The summed E-state index contributed by atoms with van der Waals surface area (Å²) in [5, 5.41) is 0. The number of halogens is 2. The van der Waals surface area contributed by atoms with Gasteiger partial charge in [-0.25, -0.2) is 4.39 Å². The molecule has 1 fully saturated rings. The highest BCUT2D eigenvalue weighted by molar-refractivity contribution is 5.91. The summed E-state index contributed by atoms with van der Waals surface area (Å²) < 4.78 is 12.5. The molecule has 0 saturated heterocycles. The van der Waals surface area contributed by atoms with Gasteiger partial charge in [0.05, 0.1) is 6.54 Å². The molecule has 0 aromatic rings. The van der Waals surface area contributed by atoms with Crippen LogP contribution < -0.4 is 5.73 Å². The lowest BCUT2D eigenvalue weighted by molar-refractivity contribution is -0.123. The molecule has 0 bridgehead atoms. The van der Waals surface area contributed by atoms with Crippen molar-refractivity contribution < 1.29 is 9.18 Å². The Kier molecular flexibility index (Phi) is 2.58. The number of hydrogen-bond donors (Lipinski definition) is 1. The summed E-state index contributed by atoms with van der Waals surface area (Å²) in [5.74, 6) is -0.447. The fourth-order valence-corrected chi connectivity index (χ4v) is 0.571. The molecule has 0 heterocycles. The van der Waals surface area contributed by atoms with Crippen LogP contribution in [0.25, 0.3) is 0 Å². The summed E-state index contributed by atoms with van der Waals surface area (Å²) in [6, 6.07) is 0. The van der Waals surface area contributed by atoms with Gasteiger partial charge in [0.2, 0.25) is 0 Å². The van der Waals surface area contributed by atoms with E-state index in [1.54, 1.807) is 0 Å². The number of ketones is 1. The van der Waals surface area contributed by atoms with E-state index in [1.165, 1.54) is 0 Å². The van der Waals surface area contributed by atoms with Gasteiger partial charge in [0.25, 0.3) is 0 Å². The minimum absolute atomic E-state index is 0. The lowest BCUT2D eigenvalue weighted by atomic mass is 10.2. The fraction of sp³-hybridized carbons (Fsp3) is 0.800. The number of Topliss-reactive ketones (excluding diaryl/α,β-unsaturated/α-hetero) is 1. The maximum Gasteiger partial charge on any atom is 0.183 e. The molecule has 0 aromatic carbocycles. The van der Waals surface area contributed by atoms with E-state index in [0.717, 1.165) is 0 Å². The second-order valence-electron chi connectivity index (χ2n) is 2.09. The lowest BCUT2D eigenvalue weighted by Crippen LogP contribution is -2.25. The Morgan fingerprint density at radius 3 is 2.22 bits per heavy atom. The first kappa shape index (κ1) is 8.85. The van der Waals surface area contributed by atoms with Crippen LogP contribution in [0.15, 0.2) is 0 Å². The van der Waals surface area contributed by atoms with Crippen LogP contribution >= 0.6 is 12.4 Å². The quantitative estimate of drug-likeness (QED) is 0.626. The molecule has 54 valence electrons. The normalized spacial score (nSPS) is 20.2. The smallest absolute Gasteiger partial charge is 0.183 e. The average molecular weight is 154 g/mol. The van der Waals surface area contributed by atoms with Crippen LogP contribution in [0.4, 0.5) is 4.39 Å². The highest BCUT2D eigenvalue weighted by atomic mass is 35.5. The Balaban J connectivity index is 0.000000640. The minimum atomic E-state index is -1.51. The van der Waals surface area contributed by atoms with Gasteiger partial charge in [-0.3, -0.25) is 4.79 Å². The summed E-state index contributed by atoms with van der Waals surface area (Å²) >= 11 is 0. The molecule has 0 spiro atoms. The molecule has 0 atom stereocenters. The van der Waals surface area contributed by atoms with Crippen molar-refractivity contribution in [1.82, 2.24) is 0 Å². The van der Waals surface area contributed by atoms with E-state index in [9.17, 15) is 9.18 Å². The van der Waals surface area contributed by atoms with Crippen molar-refractivity contribution in [2.45, 2.75) is 18.5 Å². The van der Waals surface area contributed by atoms with E-state index in [2.05, 4.69) is 0 Å². The van der Waals surface area contributed by atoms with Crippen molar-refractivity contribution in [1.29, 1.82) is 0 Å². The van der Waals surface area contributed by atoms with Crippen molar-refractivity contribution >= 4 is 18.2 Å². The third-order valence-corrected chi connectivity index (χ3v) is 1.37. The van der Waals surface area contributed by atoms with Gasteiger partial charge in [-0.2, -0.15) is 0 Å². The molecule has 1 rings (SSSR count). The zero-order valence-corrected chi connectivity index (χ0v) is 5.71. The Hall–Kier alpha value is -0.150. The van der Waals surface area contributed by atoms with E-state index < -0.39 is 11.5 Å². The molecule has 1 aliphatic carbocycles. The van der Waals surface area contributed by atoms with E-state index in [1.807, 2.05) is 0 Å². The summed E-state index contributed by atoms with van der Waals surface area (Å²) in [6.45, 7) is -0.156. The fourth-order valence-electron chi connectivity index (χ4n) is 0.571. The molecule has 0 unspecified atom stereocenters. The monoisotopic (exact) mass is 153 g/mol. The average Bonchev–Trinajstić information content (AvgIpc) is 2.47. The first-order valence-corrected chi connectivity index (χ1v) is 2.61. The Labute approximate surface area is 59.0 Å². The molecule has 1 saturated carbocycles. The van der Waals surface area contributed by atoms with Gasteiger partial charge in [0.15, 0.2) is 11.5 Å². The first-order chi connectivity index (χ1) is 3.69. The van der Waals surface area contributed by atoms with Crippen LogP contribution in [0, 0.1) is 0 Å². The highest BCUT2D eigenvalue weighted by Crippen LogP contribution is 2.40. The van der Waals surface area contributed by atoms with Gasteiger partial charge in [0.1, 0.15) is 0 Å². The third kappa shape index (κ3) is 1.63. The van der Waals surface area contributed by atoms with Crippen molar-refractivity contribution in [2.24, 2.45) is 5.73 Å². The van der Waals surface area contributed by atoms with Crippen molar-refractivity contribution in [3.8, 4) is 0 Å². The van der Waals surface area contributed by atoms with Gasteiger partial charge >= 0.3 is 0 Å². The van der Waals surface area contributed by atoms with Crippen LogP contribution in [0.5, 0.6) is 0 Å². The molecule has 9 heavy (non-hydrogen) atoms. The SMILES string of the molecule is Cl.NCC(=O)C1(F)CC1. The van der Waals surface area contributed by atoms with Crippen molar-refractivity contribution in [2.75, 3.05) is 6.54 Å². The topological polar surface area (TPSA) is 43.1 Å². The molecule has 0 aromatic heterocycles. The molecule has 0 aliphatic heterocycles. The standard InChI is InChI=1S/C5H8FNO.ClH/c6-5(1-2-5)4(8)3-7;/h1-3,7H2;1H. The van der Waals surface area contributed by atoms with Crippen LogP contribution in [0.3, 0.4) is 0 Å². The zero-order chi connectivity index (χ0) is 6.20. The maximum absolute atomic E-state index is 12.5. The van der Waals surface area contributed by atoms with Gasteiger partial charge in [-0.05, 0) is 12.8 Å². The van der Waals surface area contributed by atoms with Gasteiger partial charge in [-0.15, -0.1) is 12.4 Å². The Morgan fingerprint density at radius 2 is 2.11 bits per heavy atom. The highest BCUT2D eigenvalue weighted by Gasteiger charge is 2.49. The molecule has 4 heteroatoms. The largest absolute Gasteiger partial charge is 0.324 e. The number of rotatable bonds is 2. The number of carbonyl (C=O) groups is 1. The predicted molar refractivity (Wildman–Crippen MR) is 34.4 cm³/mol. The molecule has 2 nitrogen and oxygen atoms in total. The van der Waals surface area contributed by atoms with E-state index in [4.69, 9.17) is 5.73 Å².